The number of rotatable bonds is 5. The number of hydrogen-bond donors (Lipinski definition) is 1. The zero-order valence-corrected chi connectivity index (χ0v) is 17.3. The van der Waals surface area contributed by atoms with Gasteiger partial charge in [-0.2, -0.15) is 0 Å². The second kappa shape index (κ2) is 7.96. The molecule has 1 amide bonds. The van der Waals surface area contributed by atoms with Crippen LogP contribution in [-0.2, 0) is 4.79 Å². The van der Waals surface area contributed by atoms with Crippen molar-refractivity contribution in [3.05, 3.63) is 51.8 Å². The Kier molecular flexibility index (Phi) is 5.38. The van der Waals surface area contributed by atoms with E-state index in [9.17, 15) is 9.59 Å². The average molecular weight is 432 g/mol. The predicted molar refractivity (Wildman–Crippen MR) is 113 cm³/mol. The fourth-order valence-corrected chi connectivity index (χ4v) is 4.10. The summed E-state index contributed by atoms with van der Waals surface area (Å²) in [5.41, 5.74) is 0.970. The summed E-state index contributed by atoms with van der Waals surface area (Å²) in [6.45, 7) is 3.98. The number of thioether (sulfide) groups is 1. The van der Waals surface area contributed by atoms with Crippen molar-refractivity contribution >= 4 is 45.9 Å². The molecule has 0 aliphatic carbocycles. The first kappa shape index (κ1) is 19.6. The zero-order valence-electron chi connectivity index (χ0n) is 15.8. The van der Waals surface area contributed by atoms with E-state index in [1.807, 2.05) is 13.8 Å². The molecule has 9 heteroatoms. The van der Waals surface area contributed by atoms with Crippen LogP contribution in [0, 0.1) is 0 Å². The lowest BCUT2D eigenvalue weighted by molar-refractivity contribution is -0.113. The van der Waals surface area contributed by atoms with Gasteiger partial charge in [-0.15, -0.1) is 0 Å². The van der Waals surface area contributed by atoms with E-state index in [1.165, 1.54) is 11.8 Å². The van der Waals surface area contributed by atoms with Gasteiger partial charge in [0.25, 0.3) is 5.56 Å². The highest BCUT2D eigenvalue weighted by Crippen LogP contribution is 2.34. The Morgan fingerprint density at radius 3 is 2.83 bits per heavy atom. The van der Waals surface area contributed by atoms with Gasteiger partial charge in [-0.3, -0.25) is 14.2 Å². The summed E-state index contributed by atoms with van der Waals surface area (Å²) >= 11 is 7.25. The Morgan fingerprint density at radius 1 is 1.24 bits per heavy atom. The van der Waals surface area contributed by atoms with Crippen molar-refractivity contribution in [1.82, 2.24) is 9.55 Å². The molecule has 0 unspecified atom stereocenters. The van der Waals surface area contributed by atoms with Crippen LogP contribution in [0.5, 0.6) is 11.5 Å². The highest BCUT2D eigenvalue weighted by molar-refractivity contribution is 7.99. The SMILES string of the molecule is CC(C)n1c(SCC(=O)Nc2ccc3c(c2)OCO3)nc2cc(Cl)ccc2c1=O. The minimum Gasteiger partial charge on any atom is -0.454 e. The summed E-state index contributed by atoms with van der Waals surface area (Å²) in [5.74, 6) is 1.12. The number of aromatic nitrogens is 2. The number of anilines is 1. The van der Waals surface area contributed by atoms with Crippen LogP contribution < -0.4 is 20.3 Å². The second-order valence-corrected chi connectivity index (χ2v) is 8.11. The maximum Gasteiger partial charge on any atom is 0.262 e. The Labute approximate surface area is 176 Å². The first-order valence-electron chi connectivity index (χ1n) is 8.96. The van der Waals surface area contributed by atoms with Crippen LogP contribution in [0.15, 0.2) is 46.3 Å². The number of carbonyl (C=O) groups is 1. The Hall–Kier alpha value is -2.71. The first-order valence-corrected chi connectivity index (χ1v) is 10.3. The van der Waals surface area contributed by atoms with E-state index in [0.29, 0.717) is 38.3 Å². The molecule has 0 bridgehead atoms. The number of nitrogens with one attached hydrogen (secondary N) is 1. The quantitative estimate of drug-likeness (QED) is 0.484. The molecule has 1 aliphatic rings. The minimum atomic E-state index is -0.218. The van der Waals surface area contributed by atoms with Crippen LogP contribution in [0.2, 0.25) is 5.02 Å². The van der Waals surface area contributed by atoms with Crippen LogP contribution in [0.4, 0.5) is 5.69 Å². The van der Waals surface area contributed by atoms with Crippen molar-refractivity contribution in [2.24, 2.45) is 0 Å². The molecule has 3 aromatic rings. The molecule has 150 valence electrons. The third-order valence-corrected chi connectivity index (χ3v) is 5.52. The first-order chi connectivity index (χ1) is 13.9. The van der Waals surface area contributed by atoms with Crippen molar-refractivity contribution in [2.45, 2.75) is 25.0 Å². The summed E-state index contributed by atoms with van der Waals surface area (Å²) in [6, 6.07) is 10.1. The third-order valence-electron chi connectivity index (χ3n) is 4.34. The lowest BCUT2D eigenvalue weighted by atomic mass is 10.2. The van der Waals surface area contributed by atoms with Gasteiger partial charge in [-0.05, 0) is 44.2 Å². The number of fused-ring (bicyclic) bond motifs is 2. The minimum absolute atomic E-state index is 0.0969. The van der Waals surface area contributed by atoms with E-state index < -0.39 is 0 Å². The van der Waals surface area contributed by atoms with Gasteiger partial charge in [0.15, 0.2) is 16.7 Å². The number of amides is 1. The van der Waals surface area contributed by atoms with Crippen LogP contribution in [0.3, 0.4) is 0 Å². The van der Waals surface area contributed by atoms with Gasteiger partial charge in [-0.1, -0.05) is 23.4 Å². The Balaban J connectivity index is 1.54. The summed E-state index contributed by atoms with van der Waals surface area (Å²) in [4.78, 5) is 29.9. The molecule has 1 aliphatic heterocycles. The molecule has 1 N–H and O–H groups in total. The smallest absolute Gasteiger partial charge is 0.262 e. The summed E-state index contributed by atoms with van der Waals surface area (Å²) < 4.78 is 12.2. The molecule has 0 saturated heterocycles. The van der Waals surface area contributed by atoms with Crippen molar-refractivity contribution < 1.29 is 14.3 Å². The number of ether oxygens (including phenoxy) is 2. The molecule has 0 radical (unpaired) electrons. The van der Waals surface area contributed by atoms with Gasteiger partial charge < -0.3 is 14.8 Å². The van der Waals surface area contributed by atoms with Crippen molar-refractivity contribution in [3.63, 3.8) is 0 Å². The molecular formula is C20H18ClN3O4S. The van der Waals surface area contributed by atoms with E-state index in [0.717, 1.165) is 0 Å². The molecule has 2 heterocycles. The van der Waals surface area contributed by atoms with Gasteiger partial charge in [0.2, 0.25) is 12.7 Å². The largest absolute Gasteiger partial charge is 0.454 e. The van der Waals surface area contributed by atoms with E-state index in [4.69, 9.17) is 21.1 Å². The number of halogens is 1. The van der Waals surface area contributed by atoms with E-state index in [1.54, 1.807) is 41.0 Å². The molecule has 0 saturated carbocycles. The highest BCUT2D eigenvalue weighted by atomic mass is 35.5. The zero-order chi connectivity index (χ0) is 20.5. The standard InChI is InChI=1S/C20H18ClN3O4S/c1-11(2)24-19(26)14-5-3-12(21)7-15(14)23-20(24)29-9-18(25)22-13-4-6-16-17(8-13)28-10-27-16/h3-8,11H,9-10H2,1-2H3,(H,22,25). The van der Waals surface area contributed by atoms with E-state index in [-0.39, 0.29) is 30.1 Å². The Morgan fingerprint density at radius 2 is 2.03 bits per heavy atom. The fraction of sp³-hybridized carbons (Fsp3) is 0.250. The maximum absolute atomic E-state index is 12.9. The number of benzene rings is 2. The molecule has 0 spiro atoms. The monoisotopic (exact) mass is 431 g/mol. The number of carbonyl (C=O) groups excluding carboxylic acids is 1. The van der Waals surface area contributed by atoms with Crippen molar-refractivity contribution in [3.8, 4) is 11.5 Å². The van der Waals surface area contributed by atoms with Gasteiger partial charge >= 0.3 is 0 Å². The average Bonchev–Trinajstić information content (AvgIpc) is 3.13. The molecule has 0 fully saturated rings. The Bertz CT molecular complexity index is 1160. The molecule has 2 aromatic carbocycles. The maximum atomic E-state index is 12.9. The molecule has 7 nitrogen and oxygen atoms in total. The topological polar surface area (TPSA) is 82.5 Å². The van der Waals surface area contributed by atoms with Crippen molar-refractivity contribution in [2.75, 3.05) is 17.9 Å². The molecule has 4 rings (SSSR count). The van der Waals surface area contributed by atoms with E-state index >= 15 is 0 Å². The molecular weight excluding hydrogens is 414 g/mol. The van der Waals surface area contributed by atoms with Crippen LogP contribution >= 0.6 is 23.4 Å². The second-order valence-electron chi connectivity index (χ2n) is 6.73. The van der Waals surface area contributed by atoms with Crippen LogP contribution in [0.25, 0.3) is 10.9 Å². The molecule has 0 atom stereocenters. The lowest BCUT2D eigenvalue weighted by Crippen LogP contribution is -2.25. The van der Waals surface area contributed by atoms with Gasteiger partial charge in [-0.25, -0.2) is 4.98 Å². The lowest BCUT2D eigenvalue weighted by Gasteiger charge is -2.16. The van der Waals surface area contributed by atoms with E-state index in [2.05, 4.69) is 10.3 Å². The molecule has 1 aromatic heterocycles. The van der Waals surface area contributed by atoms with Gasteiger partial charge in [0.1, 0.15) is 0 Å². The summed E-state index contributed by atoms with van der Waals surface area (Å²) in [7, 11) is 0. The fourth-order valence-electron chi connectivity index (χ4n) is 3.01. The number of hydrogen-bond acceptors (Lipinski definition) is 6. The number of nitrogens with zero attached hydrogens (tertiary/aromatic N) is 2. The third kappa shape index (κ3) is 4.04. The summed E-state index contributed by atoms with van der Waals surface area (Å²) in [5, 5.41) is 4.29. The van der Waals surface area contributed by atoms with Crippen LogP contribution in [-0.4, -0.2) is 28.0 Å². The summed E-state index contributed by atoms with van der Waals surface area (Å²) in [6.07, 6.45) is 0. The normalized spacial score (nSPS) is 12.6. The molecule has 29 heavy (non-hydrogen) atoms. The van der Waals surface area contributed by atoms with Gasteiger partial charge in [0.05, 0.1) is 16.7 Å². The highest BCUT2D eigenvalue weighted by Gasteiger charge is 2.17. The van der Waals surface area contributed by atoms with Crippen molar-refractivity contribution in [1.29, 1.82) is 0 Å². The van der Waals surface area contributed by atoms with Crippen LogP contribution in [0.1, 0.15) is 19.9 Å². The predicted octanol–water partition coefficient (Wildman–Crippen LogP) is 4.09. The van der Waals surface area contributed by atoms with Gasteiger partial charge in [0, 0.05) is 22.8 Å².